The number of nitrogens with zero attached hydrogens (tertiary/aromatic N) is 2. The number of likely N-dealkylation sites (N-methyl/N-ethyl adjacent to an activating group) is 1. The number of carbonyl (C=O) groups is 1. The fourth-order valence-electron chi connectivity index (χ4n) is 2.62. The first-order valence-corrected chi connectivity index (χ1v) is 7.34. The zero-order valence-corrected chi connectivity index (χ0v) is 12.2. The zero-order valence-electron chi connectivity index (χ0n) is 12.2. The molecule has 0 aromatic heterocycles. The van der Waals surface area contributed by atoms with Crippen molar-refractivity contribution in [2.75, 3.05) is 46.3 Å². The van der Waals surface area contributed by atoms with Crippen LogP contribution in [0.4, 0.5) is 0 Å². The average Bonchev–Trinajstić information content (AvgIpc) is 2.41. The smallest absolute Gasteiger partial charge is 0.233 e. The summed E-state index contributed by atoms with van der Waals surface area (Å²) in [6.45, 7) is 10.7. The van der Waals surface area contributed by atoms with E-state index in [1.807, 2.05) is 0 Å². The summed E-state index contributed by atoms with van der Waals surface area (Å²) in [4.78, 5) is 16.1. The highest BCUT2D eigenvalue weighted by molar-refractivity contribution is 5.77. The number of amides is 1. The first-order valence-electron chi connectivity index (χ1n) is 7.34. The van der Waals surface area contributed by atoms with E-state index in [4.69, 9.17) is 0 Å². The topological polar surface area (TPSA) is 35.6 Å². The van der Waals surface area contributed by atoms with Crippen LogP contribution in [0.5, 0.6) is 0 Å². The second-order valence-electron chi connectivity index (χ2n) is 5.21. The summed E-state index contributed by atoms with van der Waals surface area (Å²) in [5, 5.41) is 2.69. The van der Waals surface area contributed by atoms with Crippen molar-refractivity contribution in [2.24, 2.45) is 5.92 Å². The van der Waals surface area contributed by atoms with Crippen LogP contribution < -0.4 is 5.32 Å². The molecule has 1 fully saturated rings. The number of hydrogen-bond donors (Lipinski definition) is 1. The summed E-state index contributed by atoms with van der Waals surface area (Å²) in [5.41, 5.74) is 0. The van der Waals surface area contributed by atoms with Gasteiger partial charge in [0.15, 0.2) is 0 Å². The van der Waals surface area contributed by atoms with Gasteiger partial charge in [0.1, 0.15) is 0 Å². The maximum atomic E-state index is 11.3. The molecule has 0 bridgehead atoms. The van der Waals surface area contributed by atoms with Gasteiger partial charge in [-0.1, -0.05) is 13.8 Å². The standard InChI is InChI=1S/C14H29N3O/c1-4-16(5-2)9-6-13-7-10-17(11-8-13)12-14(18)15-3/h13H,4-12H2,1-3H3,(H,15,18). The third-order valence-corrected chi connectivity index (χ3v) is 4.10. The van der Waals surface area contributed by atoms with Crippen LogP contribution in [0, 0.1) is 5.92 Å². The molecule has 18 heavy (non-hydrogen) atoms. The van der Waals surface area contributed by atoms with E-state index < -0.39 is 0 Å². The Morgan fingerprint density at radius 3 is 2.39 bits per heavy atom. The number of piperidine rings is 1. The summed E-state index contributed by atoms with van der Waals surface area (Å²) >= 11 is 0. The third kappa shape index (κ3) is 5.36. The van der Waals surface area contributed by atoms with Crippen molar-refractivity contribution in [3.63, 3.8) is 0 Å². The molecule has 1 aliphatic heterocycles. The molecule has 1 amide bonds. The van der Waals surface area contributed by atoms with Crippen LogP contribution in [0.2, 0.25) is 0 Å². The van der Waals surface area contributed by atoms with Crippen molar-refractivity contribution in [1.82, 2.24) is 15.1 Å². The summed E-state index contributed by atoms with van der Waals surface area (Å²) in [5.74, 6) is 0.989. The molecule has 0 unspecified atom stereocenters. The molecule has 0 radical (unpaired) electrons. The van der Waals surface area contributed by atoms with Gasteiger partial charge < -0.3 is 10.2 Å². The van der Waals surface area contributed by atoms with Gasteiger partial charge >= 0.3 is 0 Å². The molecule has 0 atom stereocenters. The molecular formula is C14H29N3O. The number of rotatable bonds is 7. The Morgan fingerprint density at radius 1 is 1.28 bits per heavy atom. The van der Waals surface area contributed by atoms with Gasteiger partial charge in [0.2, 0.25) is 5.91 Å². The lowest BCUT2D eigenvalue weighted by molar-refractivity contribution is -0.122. The summed E-state index contributed by atoms with van der Waals surface area (Å²) in [6.07, 6.45) is 3.81. The van der Waals surface area contributed by atoms with Crippen LogP contribution in [0.3, 0.4) is 0 Å². The fourth-order valence-corrected chi connectivity index (χ4v) is 2.62. The summed E-state index contributed by atoms with van der Waals surface area (Å²) < 4.78 is 0. The van der Waals surface area contributed by atoms with Crippen LogP contribution in [-0.2, 0) is 4.79 Å². The van der Waals surface area contributed by atoms with Crippen molar-refractivity contribution in [2.45, 2.75) is 33.1 Å². The van der Waals surface area contributed by atoms with Gasteiger partial charge in [0.05, 0.1) is 6.54 Å². The quantitative estimate of drug-likeness (QED) is 0.742. The number of likely N-dealkylation sites (tertiary alicyclic amines) is 1. The van der Waals surface area contributed by atoms with Gasteiger partial charge in [0.25, 0.3) is 0 Å². The molecule has 0 aromatic rings. The highest BCUT2D eigenvalue weighted by Gasteiger charge is 2.20. The van der Waals surface area contributed by atoms with Crippen LogP contribution >= 0.6 is 0 Å². The van der Waals surface area contributed by atoms with Crippen molar-refractivity contribution in [1.29, 1.82) is 0 Å². The minimum Gasteiger partial charge on any atom is -0.358 e. The normalized spacial score (nSPS) is 18.2. The van der Waals surface area contributed by atoms with Crippen molar-refractivity contribution in [3.8, 4) is 0 Å². The van der Waals surface area contributed by atoms with Gasteiger partial charge in [0, 0.05) is 7.05 Å². The molecule has 106 valence electrons. The Morgan fingerprint density at radius 2 is 1.89 bits per heavy atom. The van der Waals surface area contributed by atoms with E-state index in [0.29, 0.717) is 6.54 Å². The Kier molecular flexibility index (Phi) is 7.28. The predicted molar refractivity (Wildman–Crippen MR) is 75.6 cm³/mol. The lowest BCUT2D eigenvalue weighted by Crippen LogP contribution is -2.41. The lowest BCUT2D eigenvalue weighted by atomic mass is 9.93. The van der Waals surface area contributed by atoms with Gasteiger partial charge in [-0.15, -0.1) is 0 Å². The number of hydrogen-bond acceptors (Lipinski definition) is 3. The highest BCUT2D eigenvalue weighted by atomic mass is 16.1. The van der Waals surface area contributed by atoms with Gasteiger partial charge in [-0.3, -0.25) is 9.69 Å². The molecule has 1 N–H and O–H groups in total. The van der Waals surface area contributed by atoms with Gasteiger partial charge in [-0.25, -0.2) is 0 Å². The number of carbonyl (C=O) groups excluding carboxylic acids is 1. The van der Waals surface area contributed by atoms with E-state index in [-0.39, 0.29) is 5.91 Å². The monoisotopic (exact) mass is 255 g/mol. The Labute approximate surface area is 112 Å². The van der Waals surface area contributed by atoms with E-state index in [1.165, 1.54) is 25.8 Å². The Hall–Kier alpha value is -0.610. The summed E-state index contributed by atoms with van der Waals surface area (Å²) in [7, 11) is 1.71. The second kappa shape index (κ2) is 8.48. The SMILES string of the molecule is CCN(CC)CCC1CCN(CC(=O)NC)CC1. The van der Waals surface area contributed by atoms with Crippen LogP contribution in [-0.4, -0.2) is 62.0 Å². The van der Waals surface area contributed by atoms with E-state index in [2.05, 4.69) is 29.0 Å². The first kappa shape index (κ1) is 15.4. The molecule has 4 heteroatoms. The molecule has 0 spiro atoms. The van der Waals surface area contributed by atoms with Crippen molar-refractivity contribution in [3.05, 3.63) is 0 Å². The Balaban J connectivity index is 2.17. The average molecular weight is 255 g/mol. The molecule has 0 aliphatic carbocycles. The van der Waals surface area contributed by atoms with Crippen LogP contribution in [0.15, 0.2) is 0 Å². The zero-order chi connectivity index (χ0) is 13.4. The molecule has 4 nitrogen and oxygen atoms in total. The number of nitrogens with one attached hydrogen (secondary N) is 1. The molecule has 1 rings (SSSR count). The highest BCUT2D eigenvalue weighted by Crippen LogP contribution is 2.20. The summed E-state index contributed by atoms with van der Waals surface area (Å²) in [6, 6.07) is 0. The minimum absolute atomic E-state index is 0.136. The van der Waals surface area contributed by atoms with Crippen LogP contribution in [0.25, 0.3) is 0 Å². The molecular weight excluding hydrogens is 226 g/mol. The second-order valence-corrected chi connectivity index (χ2v) is 5.21. The van der Waals surface area contributed by atoms with Gasteiger partial charge in [-0.05, 0) is 57.9 Å². The van der Waals surface area contributed by atoms with E-state index in [9.17, 15) is 4.79 Å². The maximum Gasteiger partial charge on any atom is 0.233 e. The fraction of sp³-hybridized carbons (Fsp3) is 0.929. The molecule has 1 saturated heterocycles. The molecule has 1 aliphatic rings. The first-order chi connectivity index (χ1) is 8.69. The van der Waals surface area contributed by atoms with E-state index in [1.54, 1.807) is 7.05 Å². The van der Waals surface area contributed by atoms with E-state index in [0.717, 1.165) is 32.1 Å². The molecule has 0 aromatic carbocycles. The third-order valence-electron chi connectivity index (χ3n) is 4.10. The molecule has 0 saturated carbocycles. The lowest BCUT2D eigenvalue weighted by Gasteiger charge is -2.32. The minimum atomic E-state index is 0.136. The predicted octanol–water partition coefficient (Wildman–Crippen LogP) is 1.18. The van der Waals surface area contributed by atoms with Crippen molar-refractivity contribution >= 4 is 5.91 Å². The van der Waals surface area contributed by atoms with Crippen LogP contribution in [0.1, 0.15) is 33.1 Å². The maximum absolute atomic E-state index is 11.3. The Bertz CT molecular complexity index is 233. The molecule has 1 heterocycles. The van der Waals surface area contributed by atoms with E-state index >= 15 is 0 Å². The largest absolute Gasteiger partial charge is 0.358 e. The van der Waals surface area contributed by atoms with Crippen molar-refractivity contribution < 1.29 is 4.79 Å². The van der Waals surface area contributed by atoms with Gasteiger partial charge in [-0.2, -0.15) is 0 Å².